The minimum Gasteiger partial charge on any atom is -0.424 e. The van der Waals surface area contributed by atoms with Gasteiger partial charge in [-0.05, 0) is 49.6 Å². The molecular weight excluding hydrogens is 458 g/mol. The zero-order valence-electron chi connectivity index (χ0n) is 19.2. The van der Waals surface area contributed by atoms with Crippen molar-refractivity contribution in [2.75, 3.05) is 0 Å². The summed E-state index contributed by atoms with van der Waals surface area (Å²) in [6.45, 7) is 4.08. The summed E-state index contributed by atoms with van der Waals surface area (Å²) in [4.78, 5) is 35.2. The molecule has 9 nitrogen and oxygen atoms in total. The molecule has 0 aliphatic rings. The molecule has 10 heteroatoms. The lowest BCUT2D eigenvalue weighted by molar-refractivity contribution is 0.153. The Bertz CT molecular complexity index is 1420. The van der Waals surface area contributed by atoms with E-state index in [0.717, 1.165) is 15.8 Å². The molecule has 0 fully saturated rings. The Labute approximate surface area is 200 Å². The first-order chi connectivity index (χ1) is 16.3. The molecule has 0 aliphatic heterocycles. The molecule has 4 aromatic rings. The molecule has 3 aromatic heterocycles. The van der Waals surface area contributed by atoms with Gasteiger partial charge in [0, 0.05) is 24.3 Å². The molecular formula is C24H26ClN5O4. The van der Waals surface area contributed by atoms with Gasteiger partial charge in [0.15, 0.2) is 11.2 Å². The third kappa shape index (κ3) is 4.76. The summed E-state index contributed by atoms with van der Waals surface area (Å²) >= 11 is 6.03. The lowest BCUT2D eigenvalue weighted by atomic mass is 10.2. The molecule has 0 radical (unpaired) electrons. The van der Waals surface area contributed by atoms with Crippen molar-refractivity contribution >= 4 is 22.8 Å². The van der Waals surface area contributed by atoms with E-state index in [1.165, 1.54) is 4.57 Å². The topological polar surface area (TPSA) is 104 Å². The van der Waals surface area contributed by atoms with Gasteiger partial charge < -0.3 is 9.84 Å². The number of imidazole rings is 1. The summed E-state index contributed by atoms with van der Waals surface area (Å²) in [6.07, 6.45) is 1.80. The minimum absolute atomic E-state index is 0.0979. The minimum atomic E-state index is -0.598. The van der Waals surface area contributed by atoms with Crippen LogP contribution in [0.15, 0.2) is 52.2 Å². The number of aliphatic hydroxyl groups is 1. The van der Waals surface area contributed by atoms with E-state index < -0.39 is 17.4 Å². The molecule has 0 aliphatic carbocycles. The van der Waals surface area contributed by atoms with Crippen LogP contribution in [0.4, 0.5) is 0 Å². The number of hydrogen-bond donors (Lipinski definition) is 1. The number of benzene rings is 1. The molecule has 0 amide bonds. The van der Waals surface area contributed by atoms with Gasteiger partial charge in [-0.3, -0.25) is 23.5 Å². The van der Waals surface area contributed by atoms with E-state index >= 15 is 0 Å². The van der Waals surface area contributed by atoms with Crippen LogP contribution in [0.3, 0.4) is 0 Å². The molecule has 1 aromatic carbocycles. The van der Waals surface area contributed by atoms with Gasteiger partial charge in [-0.25, -0.2) is 4.79 Å². The van der Waals surface area contributed by atoms with Crippen molar-refractivity contribution in [2.24, 2.45) is 7.05 Å². The highest BCUT2D eigenvalue weighted by Crippen LogP contribution is 2.25. The summed E-state index contributed by atoms with van der Waals surface area (Å²) in [5.74, 6) is 0.453. The summed E-state index contributed by atoms with van der Waals surface area (Å²) in [5.41, 5.74) is 1.17. The van der Waals surface area contributed by atoms with Crippen LogP contribution in [-0.4, -0.2) is 34.9 Å². The molecule has 4 rings (SSSR count). The Kier molecular flexibility index (Phi) is 6.85. The molecule has 178 valence electrons. The number of aromatic nitrogens is 5. The van der Waals surface area contributed by atoms with Crippen LogP contribution in [0.2, 0.25) is 5.02 Å². The standard InChI is InChI=1S/C24H26ClN5O4/c1-4-18(31)11-12-29-22(32)20-21(28(3)24(29)33)27-23(34-19-10-5-15(2)26-13-19)30(20)14-16-6-8-17(25)9-7-16/h5-10,13,18,31H,4,11-12,14H2,1-3H3. The molecule has 0 spiro atoms. The predicted molar refractivity (Wildman–Crippen MR) is 130 cm³/mol. The van der Waals surface area contributed by atoms with E-state index in [0.29, 0.717) is 23.6 Å². The zero-order valence-corrected chi connectivity index (χ0v) is 20.0. The van der Waals surface area contributed by atoms with Crippen LogP contribution in [0.25, 0.3) is 11.2 Å². The maximum atomic E-state index is 13.5. The fourth-order valence-corrected chi connectivity index (χ4v) is 3.77. The number of hydrogen-bond acceptors (Lipinski definition) is 6. The maximum Gasteiger partial charge on any atom is 0.332 e. The number of aliphatic hydroxyl groups excluding tert-OH is 1. The van der Waals surface area contributed by atoms with Crippen LogP contribution < -0.4 is 16.0 Å². The van der Waals surface area contributed by atoms with E-state index in [1.54, 1.807) is 36.0 Å². The first-order valence-corrected chi connectivity index (χ1v) is 11.4. The Morgan fingerprint density at radius 3 is 2.50 bits per heavy atom. The zero-order chi connectivity index (χ0) is 24.4. The first-order valence-electron chi connectivity index (χ1n) is 11.0. The highest BCUT2D eigenvalue weighted by atomic mass is 35.5. The fraction of sp³-hybridized carbons (Fsp3) is 0.333. The van der Waals surface area contributed by atoms with Crippen LogP contribution in [0.5, 0.6) is 11.8 Å². The third-order valence-corrected chi connectivity index (χ3v) is 5.95. The predicted octanol–water partition coefficient (Wildman–Crippen LogP) is 3.26. The second kappa shape index (κ2) is 9.82. The van der Waals surface area contributed by atoms with Gasteiger partial charge in [-0.15, -0.1) is 0 Å². The molecule has 34 heavy (non-hydrogen) atoms. The normalized spacial score (nSPS) is 12.3. The number of rotatable bonds is 8. The van der Waals surface area contributed by atoms with E-state index in [1.807, 2.05) is 32.0 Å². The lowest BCUT2D eigenvalue weighted by Gasteiger charge is -2.12. The van der Waals surface area contributed by atoms with Crippen LogP contribution >= 0.6 is 11.6 Å². The van der Waals surface area contributed by atoms with Gasteiger partial charge in [0.2, 0.25) is 0 Å². The van der Waals surface area contributed by atoms with Gasteiger partial charge in [-0.1, -0.05) is 30.7 Å². The van der Waals surface area contributed by atoms with Crippen LogP contribution in [0.1, 0.15) is 31.0 Å². The lowest BCUT2D eigenvalue weighted by Crippen LogP contribution is -2.40. The van der Waals surface area contributed by atoms with E-state index in [4.69, 9.17) is 16.3 Å². The van der Waals surface area contributed by atoms with Crippen molar-refractivity contribution in [3.05, 3.63) is 79.7 Å². The number of nitrogens with zero attached hydrogens (tertiary/aromatic N) is 5. The second-order valence-corrected chi connectivity index (χ2v) is 8.60. The quantitative estimate of drug-likeness (QED) is 0.412. The third-order valence-electron chi connectivity index (χ3n) is 5.70. The first kappa shape index (κ1) is 23.7. The molecule has 1 N–H and O–H groups in total. The van der Waals surface area contributed by atoms with E-state index in [2.05, 4.69) is 9.97 Å². The summed E-state index contributed by atoms with van der Waals surface area (Å²) in [7, 11) is 1.56. The van der Waals surface area contributed by atoms with Crippen molar-refractivity contribution in [1.82, 2.24) is 23.7 Å². The van der Waals surface area contributed by atoms with Crippen LogP contribution in [-0.2, 0) is 20.1 Å². The molecule has 3 heterocycles. The summed E-state index contributed by atoms with van der Waals surface area (Å²) in [5, 5.41) is 10.6. The van der Waals surface area contributed by atoms with Crippen molar-refractivity contribution in [1.29, 1.82) is 0 Å². The van der Waals surface area contributed by atoms with Crippen molar-refractivity contribution in [2.45, 2.75) is 45.9 Å². The van der Waals surface area contributed by atoms with Crippen molar-refractivity contribution in [3.8, 4) is 11.8 Å². The SMILES string of the molecule is CCC(O)CCn1c(=O)c2c(nc(Oc3ccc(C)nc3)n2Cc2ccc(Cl)cc2)n(C)c1=O. The van der Waals surface area contributed by atoms with E-state index in [-0.39, 0.29) is 30.3 Å². The summed E-state index contributed by atoms with van der Waals surface area (Å²) in [6, 6.07) is 11.0. The Morgan fingerprint density at radius 2 is 1.85 bits per heavy atom. The molecule has 0 saturated heterocycles. The van der Waals surface area contributed by atoms with Gasteiger partial charge in [0.05, 0.1) is 18.8 Å². The van der Waals surface area contributed by atoms with Gasteiger partial charge >= 0.3 is 11.7 Å². The molecule has 0 bridgehead atoms. The average Bonchev–Trinajstić information content (AvgIpc) is 3.18. The summed E-state index contributed by atoms with van der Waals surface area (Å²) < 4.78 is 10.1. The largest absolute Gasteiger partial charge is 0.424 e. The van der Waals surface area contributed by atoms with Crippen molar-refractivity contribution < 1.29 is 9.84 Å². The van der Waals surface area contributed by atoms with Crippen LogP contribution in [0, 0.1) is 6.92 Å². The maximum absolute atomic E-state index is 13.5. The highest BCUT2D eigenvalue weighted by Gasteiger charge is 2.22. The number of fused-ring (bicyclic) bond motifs is 1. The Balaban J connectivity index is 1.89. The fourth-order valence-electron chi connectivity index (χ4n) is 3.65. The monoisotopic (exact) mass is 483 g/mol. The Morgan fingerprint density at radius 1 is 1.12 bits per heavy atom. The molecule has 1 unspecified atom stereocenters. The van der Waals surface area contributed by atoms with Crippen molar-refractivity contribution in [3.63, 3.8) is 0 Å². The number of halogens is 1. The average molecular weight is 484 g/mol. The number of pyridine rings is 1. The Hall–Kier alpha value is -3.43. The molecule has 1 atom stereocenters. The van der Waals surface area contributed by atoms with Gasteiger partial charge in [0.25, 0.3) is 5.56 Å². The van der Waals surface area contributed by atoms with E-state index in [9.17, 15) is 14.7 Å². The highest BCUT2D eigenvalue weighted by molar-refractivity contribution is 6.30. The molecule has 0 saturated carbocycles. The van der Waals surface area contributed by atoms with Gasteiger partial charge in [-0.2, -0.15) is 4.98 Å². The number of ether oxygens (including phenoxy) is 1. The smallest absolute Gasteiger partial charge is 0.332 e. The number of aryl methyl sites for hydroxylation is 2. The van der Waals surface area contributed by atoms with Gasteiger partial charge in [0.1, 0.15) is 5.75 Å². The second-order valence-electron chi connectivity index (χ2n) is 8.17.